The molecule has 0 amide bonds. The van der Waals surface area contributed by atoms with Crippen LogP contribution in [0.5, 0.6) is 11.5 Å². The van der Waals surface area contributed by atoms with Gasteiger partial charge < -0.3 is 18.4 Å². The van der Waals surface area contributed by atoms with Gasteiger partial charge in [0.1, 0.15) is 0 Å². The maximum absolute atomic E-state index is 5.81. The standard InChI is InChI=1S/C18H16N4O4/c1-4-24-14-6-5-11(8-15(14)23-3)16-20-21-17(25-16)12-7-13-10(2)22-26-18(13)19-9-12/h5-9H,4H2,1-3H3. The number of fused-ring (bicyclic) bond motifs is 1. The van der Waals surface area contributed by atoms with E-state index in [1.807, 2.05) is 32.0 Å². The summed E-state index contributed by atoms with van der Waals surface area (Å²) in [6.45, 7) is 4.32. The third kappa shape index (κ3) is 2.75. The highest BCUT2D eigenvalue weighted by Crippen LogP contribution is 2.33. The maximum atomic E-state index is 5.81. The molecule has 0 aliphatic heterocycles. The molecule has 3 heterocycles. The van der Waals surface area contributed by atoms with Gasteiger partial charge in [-0.2, -0.15) is 0 Å². The van der Waals surface area contributed by atoms with Gasteiger partial charge in [0.25, 0.3) is 5.71 Å². The van der Waals surface area contributed by atoms with Crippen LogP contribution in [0, 0.1) is 6.92 Å². The third-order valence-electron chi connectivity index (χ3n) is 3.89. The molecule has 0 saturated heterocycles. The lowest BCUT2D eigenvalue weighted by Crippen LogP contribution is -1.95. The molecule has 0 bridgehead atoms. The minimum absolute atomic E-state index is 0.364. The number of aromatic nitrogens is 4. The van der Waals surface area contributed by atoms with Crippen LogP contribution < -0.4 is 9.47 Å². The van der Waals surface area contributed by atoms with Crippen molar-refractivity contribution >= 4 is 11.1 Å². The van der Waals surface area contributed by atoms with E-state index >= 15 is 0 Å². The summed E-state index contributed by atoms with van der Waals surface area (Å²) >= 11 is 0. The first-order valence-electron chi connectivity index (χ1n) is 8.06. The number of rotatable bonds is 5. The molecule has 0 atom stereocenters. The number of hydrogen-bond acceptors (Lipinski definition) is 8. The Hall–Kier alpha value is -3.42. The van der Waals surface area contributed by atoms with Gasteiger partial charge in [-0.3, -0.25) is 0 Å². The van der Waals surface area contributed by atoms with Crippen molar-refractivity contribution in [3.8, 4) is 34.4 Å². The summed E-state index contributed by atoms with van der Waals surface area (Å²) in [5, 5.41) is 12.9. The van der Waals surface area contributed by atoms with E-state index in [9.17, 15) is 0 Å². The highest BCUT2D eigenvalue weighted by atomic mass is 16.5. The number of methoxy groups -OCH3 is 1. The Bertz CT molecular complexity index is 1070. The van der Waals surface area contributed by atoms with Crippen LogP contribution in [0.25, 0.3) is 34.0 Å². The highest BCUT2D eigenvalue weighted by Gasteiger charge is 2.15. The molecular weight excluding hydrogens is 336 g/mol. The number of pyridine rings is 1. The van der Waals surface area contributed by atoms with E-state index in [1.54, 1.807) is 19.4 Å². The second kappa shape index (κ2) is 6.47. The second-order valence-electron chi connectivity index (χ2n) is 5.56. The molecule has 0 aliphatic rings. The summed E-state index contributed by atoms with van der Waals surface area (Å²) in [7, 11) is 1.59. The zero-order chi connectivity index (χ0) is 18.1. The van der Waals surface area contributed by atoms with Gasteiger partial charge >= 0.3 is 0 Å². The van der Waals surface area contributed by atoms with Crippen LogP contribution in [0.1, 0.15) is 12.6 Å². The van der Waals surface area contributed by atoms with Gasteiger partial charge in [0.15, 0.2) is 11.5 Å². The Kier molecular flexibility index (Phi) is 4.00. The summed E-state index contributed by atoms with van der Waals surface area (Å²) in [4.78, 5) is 4.23. The Balaban J connectivity index is 1.70. The molecule has 26 heavy (non-hydrogen) atoms. The molecule has 0 fully saturated rings. The van der Waals surface area contributed by atoms with Crippen molar-refractivity contribution in [3.05, 3.63) is 36.2 Å². The molecule has 8 heteroatoms. The topological polar surface area (TPSA) is 96.3 Å². The van der Waals surface area contributed by atoms with E-state index in [4.69, 9.17) is 18.4 Å². The van der Waals surface area contributed by atoms with Gasteiger partial charge in [-0.25, -0.2) is 4.98 Å². The Labute approximate surface area is 148 Å². The molecular formula is C18H16N4O4. The van der Waals surface area contributed by atoms with Crippen molar-refractivity contribution < 1.29 is 18.4 Å². The predicted octanol–water partition coefficient (Wildman–Crippen LogP) is 3.66. The van der Waals surface area contributed by atoms with Crippen LogP contribution >= 0.6 is 0 Å². The molecule has 0 saturated carbocycles. The number of benzene rings is 1. The van der Waals surface area contributed by atoms with Gasteiger partial charge in [-0.1, -0.05) is 5.16 Å². The van der Waals surface area contributed by atoms with Crippen LogP contribution in [0.2, 0.25) is 0 Å². The van der Waals surface area contributed by atoms with E-state index in [1.165, 1.54) is 0 Å². The molecule has 8 nitrogen and oxygen atoms in total. The molecule has 0 radical (unpaired) electrons. The second-order valence-corrected chi connectivity index (χ2v) is 5.56. The first kappa shape index (κ1) is 16.1. The lowest BCUT2D eigenvalue weighted by atomic mass is 10.2. The van der Waals surface area contributed by atoms with Gasteiger partial charge in [-0.05, 0) is 38.1 Å². The van der Waals surface area contributed by atoms with Crippen LogP contribution in [0.15, 0.2) is 39.4 Å². The zero-order valence-electron chi connectivity index (χ0n) is 14.5. The first-order valence-corrected chi connectivity index (χ1v) is 8.06. The highest BCUT2D eigenvalue weighted by molar-refractivity contribution is 5.80. The lowest BCUT2D eigenvalue weighted by Gasteiger charge is -2.09. The monoisotopic (exact) mass is 352 g/mol. The zero-order valence-corrected chi connectivity index (χ0v) is 14.5. The molecule has 4 aromatic rings. The normalized spacial score (nSPS) is 11.0. The van der Waals surface area contributed by atoms with Gasteiger partial charge in [0.2, 0.25) is 11.8 Å². The SMILES string of the molecule is CCOc1ccc(-c2nnc(-c3cnc4onc(C)c4c3)o2)cc1OC. The Morgan fingerprint density at radius 3 is 2.62 bits per heavy atom. The van der Waals surface area contributed by atoms with E-state index in [0.717, 1.165) is 16.6 Å². The minimum atomic E-state index is 0.364. The fourth-order valence-electron chi connectivity index (χ4n) is 2.59. The molecule has 1 aromatic carbocycles. The average molecular weight is 352 g/mol. The molecule has 132 valence electrons. The smallest absolute Gasteiger partial charge is 0.257 e. The van der Waals surface area contributed by atoms with E-state index in [0.29, 0.717) is 41.2 Å². The summed E-state index contributed by atoms with van der Waals surface area (Å²) in [5.41, 5.74) is 2.66. The maximum Gasteiger partial charge on any atom is 0.257 e. The number of aryl methyl sites for hydroxylation is 1. The van der Waals surface area contributed by atoms with E-state index in [2.05, 4.69) is 20.3 Å². The van der Waals surface area contributed by atoms with E-state index < -0.39 is 0 Å². The van der Waals surface area contributed by atoms with Gasteiger partial charge in [-0.15, -0.1) is 10.2 Å². The molecule has 4 rings (SSSR count). The Morgan fingerprint density at radius 2 is 1.85 bits per heavy atom. The van der Waals surface area contributed by atoms with Crippen molar-refractivity contribution in [2.75, 3.05) is 13.7 Å². The fraction of sp³-hybridized carbons (Fsp3) is 0.222. The van der Waals surface area contributed by atoms with Crippen LogP contribution in [0.4, 0.5) is 0 Å². The lowest BCUT2D eigenvalue weighted by molar-refractivity contribution is 0.311. The molecule has 0 unspecified atom stereocenters. The molecule has 3 aromatic heterocycles. The third-order valence-corrected chi connectivity index (χ3v) is 3.89. The fourth-order valence-corrected chi connectivity index (χ4v) is 2.59. The number of hydrogen-bond donors (Lipinski definition) is 0. The van der Waals surface area contributed by atoms with Crippen molar-refractivity contribution in [3.63, 3.8) is 0 Å². The van der Waals surface area contributed by atoms with Gasteiger partial charge in [0, 0.05) is 11.8 Å². The van der Waals surface area contributed by atoms with E-state index in [-0.39, 0.29) is 0 Å². The summed E-state index contributed by atoms with van der Waals surface area (Å²) in [6.07, 6.45) is 1.61. The van der Waals surface area contributed by atoms with Crippen molar-refractivity contribution in [2.45, 2.75) is 13.8 Å². The molecule has 0 N–H and O–H groups in total. The number of ether oxygens (including phenoxy) is 2. The van der Waals surface area contributed by atoms with Crippen molar-refractivity contribution in [1.82, 2.24) is 20.3 Å². The van der Waals surface area contributed by atoms with Crippen molar-refractivity contribution in [1.29, 1.82) is 0 Å². The summed E-state index contributed by atoms with van der Waals surface area (Å²) in [5.74, 6) is 2.01. The molecule has 0 spiro atoms. The summed E-state index contributed by atoms with van der Waals surface area (Å²) in [6, 6.07) is 7.32. The first-order chi connectivity index (χ1) is 12.7. The van der Waals surface area contributed by atoms with Crippen LogP contribution in [-0.2, 0) is 0 Å². The minimum Gasteiger partial charge on any atom is -0.493 e. The largest absolute Gasteiger partial charge is 0.493 e. The summed E-state index contributed by atoms with van der Waals surface area (Å²) < 4.78 is 21.8. The quantitative estimate of drug-likeness (QED) is 0.537. The Morgan fingerprint density at radius 1 is 1.04 bits per heavy atom. The molecule has 0 aliphatic carbocycles. The average Bonchev–Trinajstić information content (AvgIpc) is 3.30. The van der Waals surface area contributed by atoms with Gasteiger partial charge in [0.05, 0.1) is 30.4 Å². The van der Waals surface area contributed by atoms with Crippen LogP contribution in [0.3, 0.4) is 0 Å². The number of nitrogens with zero attached hydrogens (tertiary/aromatic N) is 4. The van der Waals surface area contributed by atoms with Crippen LogP contribution in [-0.4, -0.2) is 34.1 Å². The predicted molar refractivity (Wildman–Crippen MR) is 93.0 cm³/mol. The van der Waals surface area contributed by atoms with Crippen molar-refractivity contribution in [2.24, 2.45) is 0 Å².